The lowest BCUT2D eigenvalue weighted by Crippen LogP contribution is -2.28. The fourth-order valence-corrected chi connectivity index (χ4v) is 3.77. The van der Waals surface area contributed by atoms with Crippen LogP contribution in [0.3, 0.4) is 0 Å². The normalized spacial score (nSPS) is 18.5. The molecule has 0 spiro atoms. The highest BCUT2D eigenvalue weighted by atomic mass is 35.5. The Bertz CT molecular complexity index is 925. The van der Waals surface area contributed by atoms with E-state index in [1.54, 1.807) is 4.68 Å². The number of benzene rings is 2. The van der Waals surface area contributed by atoms with Crippen molar-refractivity contribution in [3.8, 4) is 0 Å². The van der Waals surface area contributed by atoms with Crippen LogP contribution in [0.5, 0.6) is 0 Å². The van der Waals surface area contributed by atoms with Crippen molar-refractivity contribution in [2.45, 2.75) is 12.3 Å². The van der Waals surface area contributed by atoms with Crippen LogP contribution in [0.4, 0.5) is 5.69 Å². The number of amides is 1. The summed E-state index contributed by atoms with van der Waals surface area (Å²) < 4.78 is 1.79. The van der Waals surface area contributed by atoms with E-state index < -0.39 is 0 Å². The zero-order chi connectivity index (χ0) is 18.6. The Morgan fingerprint density at radius 2 is 1.89 bits per heavy atom. The van der Waals surface area contributed by atoms with Gasteiger partial charge in [-0.15, -0.1) is 12.4 Å². The molecule has 3 aromatic rings. The minimum atomic E-state index is -0.0982. The predicted octanol–water partition coefficient (Wildman–Crippen LogP) is 3.37. The summed E-state index contributed by atoms with van der Waals surface area (Å²) in [7, 11) is 1.90. The minimum absolute atomic E-state index is 0. The molecule has 0 aliphatic carbocycles. The molecular weight excluding hydrogens is 372 g/mol. The third-order valence-corrected chi connectivity index (χ3v) is 5.22. The SMILES string of the molecule is Cl.Cn1cc([C@H]2CNC[C@@H]2C(=O)Nc2ccccc2Cc2ccccc2)cn1. The lowest BCUT2D eigenvalue weighted by Gasteiger charge is -2.18. The van der Waals surface area contributed by atoms with Gasteiger partial charge in [0.25, 0.3) is 0 Å². The first kappa shape index (κ1) is 20.1. The number of para-hydroxylation sites is 1. The monoisotopic (exact) mass is 396 g/mol. The topological polar surface area (TPSA) is 59.0 Å². The molecule has 0 unspecified atom stereocenters. The van der Waals surface area contributed by atoms with Gasteiger partial charge >= 0.3 is 0 Å². The number of anilines is 1. The van der Waals surface area contributed by atoms with Gasteiger partial charge in [-0.25, -0.2) is 0 Å². The fourth-order valence-electron chi connectivity index (χ4n) is 3.77. The lowest BCUT2D eigenvalue weighted by molar-refractivity contribution is -0.119. The Kier molecular flexibility index (Phi) is 6.49. The van der Waals surface area contributed by atoms with E-state index in [2.05, 4.69) is 33.9 Å². The number of hydrogen-bond donors (Lipinski definition) is 2. The molecule has 2 aromatic carbocycles. The van der Waals surface area contributed by atoms with Crippen LogP contribution in [-0.2, 0) is 18.3 Å². The average Bonchev–Trinajstić information content (AvgIpc) is 3.33. The number of rotatable bonds is 5. The maximum Gasteiger partial charge on any atom is 0.229 e. The molecule has 5 nitrogen and oxygen atoms in total. The molecule has 0 bridgehead atoms. The van der Waals surface area contributed by atoms with Crippen molar-refractivity contribution >= 4 is 24.0 Å². The quantitative estimate of drug-likeness (QED) is 0.695. The molecule has 2 heterocycles. The number of carbonyl (C=O) groups is 1. The second-order valence-electron chi connectivity index (χ2n) is 7.13. The molecule has 1 aliphatic heterocycles. The van der Waals surface area contributed by atoms with Gasteiger partial charge in [-0.1, -0.05) is 48.5 Å². The minimum Gasteiger partial charge on any atom is -0.326 e. The number of aromatic nitrogens is 2. The average molecular weight is 397 g/mol. The van der Waals surface area contributed by atoms with Gasteiger partial charge in [0.1, 0.15) is 0 Å². The first-order valence-corrected chi connectivity index (χ1v) is 9.32. The largest absolute Gasteiger partial charge is 0.326 e. The van der Waals surface area contributed by atoms with Crippen LogP contribution in [0.25, 0.3) is 0 Å². The highest BCUT2D eigenvalue weighted by Gasteiger charge is 2.34. The smallest absolute Gasteiger partial charge is 0.229 e. The zero-order valence-corrected chi connectivity index (χ0v) is 16.7. The van der Waals surface area contributed by atoms with Gasteiger partial charge in [0.15, 0.2) is 0 Å². The summed E-state index contributed by atoms with van der Waals surface area (Å²) in [5.41, 5.74) is 4.36. The molecular formula is C22H25ClN4O. The van der Waals surface area contributed by atoms with Gasteiger partial charge in [0, 0.05) is 37.9 Å². The summed E-state index contributed by atoms with van der Waals surface area (Å²) >= 11 is 0. The van der Waals surface area contributed by atoms with E-state index in [0.29, 0.717) is 6.54 Å². The molecule has 146 valence electrons. The van der Waals surface area contributed by atoms with Crippen LogP contribution in [0, 0.1) is 5.92 Å². The molecule has 1 saturated heterocycles. The number of nitrogens with zero attached hydrogens (tertiary/aromatic N) is 2. The molecule has 0 saturated carbocycles. The van der Waals surface area contributed by atoms with Crippen LogP contribution in [0.15, 0.2) is 67.0 Å². The lowest BCUT2D eigenvalue weighted by atomic mass is 9.90. The van der Waals surface area contributed by atoms with Crippen molar-refractivity contribution < 1.29 is 4.79 Å². The maximum atomic E-state index is 13.0. The highest BCUT2D eigenvalue weighted by Crippen LogP contribution is 2.29. The number of carbonyl (C=O) groups excluding carboxylic acids is 1. The van der Waals surface area contributed by atoms with Gasteiger partial charge in [0.2, 0.25) is 5.91 Å². The Balaban J connectivity index is 0.00000225. The molecule has 2 N–H and O–H groups in total. The van der Waals surface area contributed by atoms with E-state index in [4.69, 9.17) is 0 Å². The summed E-state index contributed by atoms with van der Waals surface area (Å²) in [4.78, 5) is 13.0. The van der Waals surface area contributed by atoms with E-state index in [-0.39, 0.29) is 30.2 Å². The van der Waals surface area contributed by atoms with Gasteiger partial charge in [-0.05, 0) is 29.2 Å². The molecule has 1 amide bonds. The fraction of sp³-hybridized carbons (Fsp3) is 0.273. The summed E-state index contributed by atoms with van der Waals surface area (Å²) in [6.07, 6.45) is 4.66. The van der Waals surface area contributed by atoms with Crippen LogP contribution in [0.2, 0.25) is 0 Å². The Morgan fingerprint density at radius 3 is 2.64 bits per heavy atom. The van der Waals surface area contributed by atoms with E-state index in [1.807, 2.05) is 55.8 Å². The van der Waals surface area contributed by atoms with Crippen molar-refractivity contribution in [1.82, 2.24) is 15.1 Å². The van der Waals surface area contributed by atoms with E-state index in [9.17, 15) is 4.79 Å². The van der Waals surface area contributed by atoms with Crippen molar-refractivity contribution in [2.24, 2.45) is 13.0 Å². The predicted molar refractivity (Wildman–Crippen MR) is 114 cm³/mol. The first-order valence-electron chi connectivity index (χ1n) is 9.32. The molecule has 4 rings (SSSR count). The van der Waals surface area contributed by atoms with Gasteiger partial charge in [0.05, 0.1) is 12.1 Å². The maximum absolute atomic E-state index is 13.0. The Morgan fingerprint density at radius 1 is 1.14 bits per heavy atom. The van der Waals surface area contributed by atoms with Crippen molar-refractivity contribution in [3.63, 3.8) is 0 Å². The van der Waals surface area contributed by atoms with Gasteiger partial charge < -0.3 is 10.6 Å². The summed E-state index contributed by atoms with van der Waals surface area (Å²) in [6.45, 7) is 1.49. The van der Waals surface area contributed by atoms with Crippen LogP contribution < -0.4 is 10.6 Å². The Labute approximate surface area is 171 Å². The third-order valence-electron chi connectivity index (χ3n) is 5.22. The second kappa shape index (κ2) is 9.04. The van der Waals surface area contributed by atoms with E-state index in [1.165, 1.54) is 5.56 Å². The summed E-state index contributed by atoms with van der Waals surface area (Å²) in [5, 5.41) is 10.8. The second-order valence-corrected chi connectivity index (χ2v) is 7.13. The summed E-state index contributed by atoms with van der Waals surface area (Å²) in [6, 6.07) is 18.4. The molecule has 1 aliphatic rings. The van der Waals surface area contributed by atoms with Crippen molar-refractivity contribution in [1.29, 1.82) is 0 Å². The van der Waals surface area contributed by atoms with E-state index >= 15 is 0 Å². The zero-order valence-electron chi connectivity index (χ0n) is 15.8. The van der Waals surface area contributed by atoms with E-state index in [0.717, 1.165) is 29.8 Å². The van der Waals surface area contributed by atoms with Gasteiger partial charge in [-0.3, -0.25) is 9.48 Å². The van der Waals surface area contributed by atoms with Crippen molar-refractivity contribution in [3.05, 3.63) is 83.7 Å². The van der Waals surface area contributed by atoms with Gasteiger partial charge in [-0.2, -0.15) is 5.10 Å². The van der Waals surface area contributed by atoms with Crippen LogP contribution in [-0.4, -0.2) is 28.8 Å². The highest BCUT2D eigenvalue weighted by molar-refractivity contribution is 5.94. The number of hydrogen-bond acceptors (Lipinski definition) is 3. The molecule has 1 aromatic heterocycles. The molecule has 2 atom stereocenters. The molecule has 28 heavy (non-hydrogen) atoms. The molecule has 1 fully saturated rings. The standard InChI is InChI=1S/C22H24N4O.ClH/c1-26-15-18(12-24-26)19-13-23-14-20(19)22(27)25-21-10-6-5-9-17(21)11-16-7-3-2-4-8-16;/h2-10,12,15,19-20,23H,11,13-14H2,1H3,(H,25,27);1H/t19-,20+;/m1./s1. The number of nitrogens with one attached hydrogen (secondary N) is 2. The molecule has 0 radical (unpaired) electrons. The number of aryl methyl sites for hydroxylation is 1. The van der Waals surface area contributed by atoms with Crippen LogP contribution in [0.1, 0.15) is 22.6 Å². The first-order chi connectivity index (χ1) is 13.2. The number of halogens is 1. The van der Waals surface area contributed by atoms with Crippen LogP contribution >= 0.6 is 12.4 Å². The Hall–Kier alpha value is -2.63. The summed E-state index contributed by atoms with van der Waals surface area (Å²) in [5.74, 6) is 0.119. The molecule has 6 heteroatoms. The van der Waals surface area contributed by atoms with Crippen molar-refractivity contribution in [2.75, 3.05) is 18.4 Å². The third kappa shape index (κ3) is 4.43.